The first-order chi connectivity index (χ1) is 11.5. The molecule has 1 fully saturated rings. The van der Waals surface area contributed by atoms with Crippen molar-refractivity contribution >= 4 is 27.4 Å². The maximum atomic E-state index is 12.9. The summed E-state index contributed by atoms with van der Waals surface area (Å²) in [7, 11) is -3.41. The number of nitrogens with zero attached hydrogens (tertiary/aromatic N) is 2. The lowest BCUT2D eigenvalue weighted by Crippen LogP contribution is -2.53. The number of aryl methyl sites for hydroxylation is 2. The van der Waals surface area contributed by atoms with Crippen LogP contribution >= 0.6 is 12.2 Å². The summed E-state index contributed by atoms with van der Waals surface area (Å²) in [5.74, 6) is 0. The minimum atomic E-state index is -3.41. The molecule has 7 heteroatoms. The number of rotatable bonds is 4. The molecule has 24 heavy (non-hydrogen) atoms. The summed E-state index contributed by atoms with van der Waals surface area (Å²) < 4.78 is 27.4. The van der Waals surface area contributed by atoms with Crippen LogP contribution in [-0.4, -0.2) is 55.5 Å². The number of benzene rings is 1. The van der Waals surface area contributed by atoms with E-state index in [0.717, 1.165) is 37.3 Å². The zero-order chi connectivity index (χ0) is 17.2. The molecule has 1 heterocycles. The van der Waals surface area contributed by atoms with E-state index < -0.39 is 10.0 Å². The minimum absolute atomic E-state index is 0.434. The quantitative estimate of drug-likeness (QED) is 0.822. The molecule has 1 aliphatic heterocycles. The summed E-state index contributed by atoms with van der Waals surface area (Å²) in [5, 5.41) is 3.93. The van der Waals surface area contributed by atoms with Crippen LogP contribution in [0.4, 0.5) is 0 Å². The molecule has 0 spiro atoms. The van der Waals surface area contributed by atoms with Gasteiger partial charge in [0.2, 0.25) is 10.0 Å². The van der Waals surface area contributed by atoms with Crippen LogP contribution in [0.25, 0.3) is 0 Å². The van der Waals surface area contributed by atoms with Crippen molar-refractivity contribution < 1.29 is 8.42 Å². The molecule has 1 aromatic carbocycles. The first kappa shape index (κ1) is 17.6. The smallest absolute Gasteiger partial charge is 0.243 e. The van der Waals surface area contributed by atoms with Crippen molar-refractivity contribution in [2.24, 2.45) is 0 Å². The first-order valence-electron chi connectivity index (χ1n) is 8.67. The van der Waals surface area contributed by atoms with Crippen molar-refractivity contribution in [1.29, 1.82) is 0 Å². The summed E-state index contributed by atoms with van der Waals surface area (Å²) in [6, 6.07) is 5.62. The van der Waals surface area contributed by atoms with Crippen molar-refractivity contribution in [3.05, 3.63) is 29.3 Å². The van der Waals surface area contributed by atoms with E-state index in [9.17, 15) is 8.42 Å². The van der Waals surface area contributed by atoms with Crippen LogP contribution in [-0.2, 0) is 22.9 Å². The van der Waals surface area contributed by atoms with E-state index in [-0.39, 0.29) is 0 Å². The van der Waals surface area contributed by atoms with Gasteiger partial charge in [0, 0.05) is 32.7 Å². The summed E-state index contributed by atoms with van der Waals surface area (Å²) in [4.78, 5) is 2.49. The number of hydrogen-bond acceptors (Lipinski definition) is 3. The standard InChI is InChI=1S/C17H25N3O2S2/c1-2-8-18-17(23)19-9-11-20(12-10-19)24(21,22)16-7-6-14-4-3-5-15(14)13-16/h6-7,13H,2-5,8-12H2,1H3,(H,18,23). The van der Waals surface area contributed by atoms with Crippen molar-refractivity contribution in [3.63, 3.8) is 0 Å². The Balaban J connectivity index is 1.66. The fourth-order valence-electron chi connectivity index (χ4n) is 3.33. The van der Waals surface area contributed by atoms with Gasteiger partial charge in [-0.1, -0.05) is 13.0 Å². The molecule has 2 aliphatic rings. The lowest BCUT2D eigenvalue weighted by molar-refractivity contribution is 0.264. The average molecular weight is 368 g/mol. The number of hydrogen-bond donors (Lipinski definition) is 1. The van der Waals surface area contributed by atoms with Gasteiger partial charge in [-0.05, 0) is 61.2 Å². The Morgan fingerprint density at radius 3 is 2.58 bits per heavy atom. The van der Waals surface area contributed by atoms with Gasteiger partial charge in [0.25, 0.3) is 0 Å². The van der Waals surface area contributed by atoms with E-state index >= 15 is 0 Å². The Morgan fingerprint density at radius 1 is 1.17 bits per heavy atom. The lowest BCUT2D eigenvalue weighted by Gasteiger charge is -2.35. The predicted octanol–water partition coefficient (Wildman–Crippen LogP) is 1.77. The molecule has 0 saturated carbocycles. The fraction of sp³-hybridized carbons (Fsp3) is 0.588. The molecule has 0 aromatic heterocycles. The predicted molar refractivity (Wildman–Crippen MR) is 99.7 cm³/mol. The van der Waals surface area contributed by atoms with Crippen LogP contribution in [0.2, 0.25) is 0 Å². The lowest BCUT2D eigenvalue weighted by atomic mass is 10.1. The van der Waals surface area contributed by atoms with Crippen LogP contribution < -0.4 is 5.32 Å². The normalized spacial score (nSPS) is 18.5. The molecule has 0 unspecified atom stereocenters. The Kier molecular flexibility index (Phi) is 5.42. The third-order valence-electron chi connectivity index (χ3n) is 4.76. The Labute approximate surface area is 150 Å². The van der Waals surface area contributed by atoms with E-state index in [1.807, 2.05) is 12.1 Å². The minimum Gasteiger partial charge on any atom is -0.363 e. The maximum absolute atomic E-state index is 12.9. The van der Waals surface area contributed by atoms with Gasteiger partial charge in [-0.25, -0.2) is 8.42 Å². The second kappa shape index (κ2) is 7.37. The van der Waals surface area contributed by atoms with E-state index in [0.29, 0.717) is 31.1 Å². The average Bonchev–Trinajstić information content (AvgIpc) is 3.07. The Bertz CT molecular complexity index is 711. The number of thiocarbonyl (C=S) groups is 1. The Morgan fingerprint density at radius 2 is 1.88 bits per heavy atom. The second-order valence-electron chi connectivity index (χ2n) is 6.41. The van der Waals surface area contributed by atoms with Crippen molar-refractivity contribution in [2.75, 3.05) is 32.7 Å². The molecule has 1 saturated heterocycles. The number of piperazine rings is 1. The van der Waals surface area contributed by atoms with Crippen LogP contribution in [0.15, 0.2) is 23.1 Å². The largest absolute Gasteiger partial charge is 0.363 e. The van der Waals surface area contributed by atoms with Crippen molar-refractivity contribution in [2.45, 2.75) is 37.5 Å². The maximum Gasteiger partial charge on any atom is 0.243 e. The van der Waals surface area contributed by atoms with Gasteiger partial charge in [0.05, 0.1) is 4.90 Å². The van der Waals surface area contributed by atoms with E-state index in [1.165, 1.54) is 11.1 Å². The summed E-state index contributed by atoms with van der Waals surface area (Å²) in [5.41, 5.74) is 2.49. The molecule has 1 N–H and O–H groups in total. The molecule has 132 valence electrons. The van der Waals surface area contributed by atoms with Crippen molar-refractivity contribution in [1.82, 2.24) is 14.5 Å². The van der Waals surface area contributed by atoms with E-state index in [1.54, 1.807) is 10.4 Å². The van der Waals surface area contributed by atoms with Gasteiger partial charge in [-0.15, -0.1) is 0 Å². The van der Waals surface area contributed by atoms with Gasteiger partial charge < -0.3 is 10.2 Å². The zero-order valence-corrected chi connectivity index (χ0v) is 15.8. The molecular formula is C17H25N3O2S2. The Hall–Kier alpha value is -1.18. The molecule has 0 radical (unpaired) electrons. The van der Waals surface area contributed by atoms with Gasteiger partial charge in [-0.3, -0.25) is 0 Å². The second-order valence-corrected chi connectivity index (χ2v) is 8.73. The number of fused-ring (bicyclic) bond motifs is 1. The van der Waals surface area contributed by atoms with Crippen LogP contribution in [0.3, 0.4) is 0 Å². The zero-order valence-electron chi connectivity index (χ0n) is 14.1. The van der Waals surface area contributed by atoms with Crippen LogP contribution in [0.1, 0.15) is 30.9 Å². The van der Waals surface area contributed by atoms with Crippen LogP contribution in [0, 0.1) is 0 Å². The molecule has 3 rings (SSSR count). The molecular weight excluding hydrogens is 342 g/mol. The highest BCUT2D eigenvalue weighted by Crippen LogP contribution is 2.26. The monoisotopic (exact) mass is 367 g/mol. The first-order valence-corrected chi connectivity index (χ1v) is 10.5. The third kappa shape index (κ3) is 3.58. The van der Waals surface area contributed by atoms with Gasteiger partial charge >= 0.3 is 0 Å². The van der Waals surface area contributed by atoms with E-state index in [4.69, 9.17) is 12.2 Å². The SMILES string of the molecule is CCCNC(=S)N1CCN(S(=O)(=O)c2ccc3c(c2)CCC3)CC1. The summed E-state index contributed by atoms with van der Waals surface area (Å²) >= 11 is 5.37. The van der Waals surface area contributed by atoms with E-state index in [2.05, 4.69) is 17.1 Å². The summed E-state index contributed by atoms with van der Waals surface area (Å²) in [6.07, 6.45) is 4.20. The molecule has 0 atom stereocenters. The summed E-state index contributed by atoms with van der Waals surface area (Å²) in [6.45, 7) is 5.18. The molecule has 0 bridgehead atoms. The molecule has 1 aromatic rings. The van der Waals surface area contributed by atoms with Gasteiger partial charge in [0.15, 0.2) is 5.11 Å². The van der Waals surface area contributed by atoms with Crippen LogP contribution in [0.5, 0.6) is 0 Å². The van der Waals surface area contributed by atoms with Crippen molar-refractivity contribution in [3.8, 4) is 0 Å². The highest BCUT2D eigenvalue weighted by molar-refractivity contribution is 7.89. The molecule has 0 amide bonds. The number of nitrogens with one attached hydrogen (secondary N) is 1. The fourth-order valence-corrected chi connectivity index (χ4v) is 5.09. The molecule has 5 nitrogen and oxygen atoms in total. The van der Waals surface area contributed by atoms with Gasteiger partial charge in [-0.2, -0.15) is 4.31 Å². The highest BCUT2D eigenvalue weighted by atomic mass is 32.2. The number of sulfonamides is 1. The molecule has 1 aliphatic carbocycles. The topological polar surface area (TPSA) is 52.6 Å². The highest BCUT2D eigenvalue weighted by Gasteiger charge is 2.29. The third-order valence-corrected chi connectivity index (χ3v) is 7.06. The van der Waals surface area contributed by atoms with Gasteiger partial charge in [0.1, 0.15) is 0 Å².